The highest BCUT2D eigenvalue weighted by molar-refractivity contribution is 6.33. The quantitative estimate of drug-likeness (QED) is 0.596. The molecule has 1 aliphatic heterocycles. The summed E-state index contributed by atoms with van der Waals surface area (Å²) in [5, 5.41) is 2.94. The largest absolute Gasteiger partial charge is 0.449 e. The number of halogens is 1. The number of rotatable bonds is 5. The Labute approximate surface area is 172 Å². The maximum atomic E-state index is 12.5. The van der Waals surface area contributed by atoms with Gasteiger partial charge in [-0.1, -0.05) is 23.7 Å². The first-order valence-corrected chi connectivity index (χ1v) is 9.36. The lowest BCUT2D eigenvalue weighted by atomic mass is 10.1. The molecule has 29 heavy (non-hydrogen) atoms. The molecule has 1 N–H and O–H groups in total. The number of esters is 1. The van der Waals surface area contributed by atoms with Gasteiger partial charge in [0, 0.05) is 6.04 Å². The maximum absolute atomic E-state index is 12.5. The minimum Gasteiger partial charge on any atom is -0.449 e. The van der Waals surface area contributed by atoms with Crippen LogP contribution in [-0.2, 0) is 9.53 Å². The molecule has 3 amide bonds. The first kappa shape index (κ1) is 20.5. The van der Waals surface area contributed by atoms with E-state index >= 15 is 0 Å². The van der Waals surface area contributed by atoms with Crippen LogP contribution in [0.25, 0.3) is 0 Å². The van der Waals surface area contributed by atoms with E-state index in [2.05, 4.69) is 5.32 Å². The zero-order chi connectivity index (χ0) is 21.3. The summed E-state index contributed by atoms with van der Waals surface area (Å²) in [5.41, 5.74) is 0.862. The Kier molecular flexibility index (Phi) is 5.70. The summed E-state index contributed by atoms with van der Waals surface area (Å²) in [7, 11) is 0. The van der Waals surface area contributed by atoms with Crippen molar-refractivity contribution < 1.29 is 23.9 Å². The molecule has 0 aliphatic carbocycles. The zero-order valence-electron chi connectivity index (χ0n) is 16.1. The van der Waals surface area contributed by atoms with Crippen LogP contribution in [0.15, 0.2) is 42.5 Å². The molecule has 3 rings (SSSR count). The van der Waals surface area contributed by atoms with E-state index in [1.54, 1.807) is 38.1 Å². The average Bonchev–Trinajstić information content (AvgIpc) is 2.93. The van der Waals surface area contributed by atoms with E-state index in [1.165, 1.54) is 25.1 Å². The second-order valence-corrected chi connectivity index (χ2v) is 7.26. The third-order valence-electron chi connectivity index (χ3n) is 4.45. The summed E-state index contributed by atoms with van der Waals surface area (Å²) in [4.78, 5) is 50.7. The van der Waals surface area contributed by atoms with Crippen molar-refractivity contribution in [2.45, 2.75) is 32.9 Å². The highest BCUT2D eigenvalue weighted by atomic mass is 35.5. The van der Waals surface area contributed by atoms with Crippen LogP contribution in [0.4, 0.5) is 5.69 Å². The van der Waals surface area contributed by atoms with Gasteiger partial charge in [-0.05, 0) is 51.1 Å². The van der Waals surface area contributed by atoms with Gasteiger partial charge in [0.2, 0.25) is 0 Å². The molecule has 0 spiro atoms. The molecule has 7 nitrogen and oxygen atoms in total. The van der Waals surface area contributed by atoms with Crippen LogP contribution in [0.1, 0.15) is 51.8 Å². The van der Waals surface area contributed by atoms with Gasteiger partial charge in [0.05, 0.1) is 27.4 Å². The van der Waals surface area contributed by atoms with Crippen molar-refractivity contribution in [1.29, 1.82) is 0 Å². The monoisotopic (exact) mass is 414 g/mol. The van der Waals surface area contributed by atoms with E-state index in [9.17, 15) is 19.2 Å². The van der Waals surface area contributed by atoms with Gasteiger partial charge >= 0.3 is 5.97 Å². The minimum atomic E-state index is -1.10. The van der Waals surface area contributed by atoms with Crippen LogP contribution in [0, 0.1) is 0 Å². The van der Waals surface area contributed by atoms with Crippen molar-refractivity contribution in [2.75, 3.05) is 5.32 Å². The molecule has 0 unspecified atom stereocenters. The number of hydrogen-bond acceptors (Lipinski definition) is 5. The topological polar surface area (TPSA) is 92.8 Å². The highest BCUT2D eigenvalue weighted by Crippen LogP contribution is 2.26. The molecule has 8 heteroatoms. The van der Waals surface area contributed by atoms with E-state index in [0.29, 0.717) is 10.7 Å². The molecular weight excluding hydrogens is 396 g/mol. The first-order chi connectivity index (χ1) is 13.7. The predicted molar refractivity (Wildman–Crippen MR) is 107 cm³/mol. The van der Waals surface area contributed by atoms with Gasteiger partial charge in [0.1, 0.15) is 0 Å². The second-order valence-electron chi connectivity index (χ2n) is 6.85. The second kappa shape index (κ2) is 8.05. The van der Waals surface area contributed by atoms with E-state index in [1.807, 2.05) is 0 Å². The molecule has 2 aromatic carbocycles. The Balaban J connectivity index is 1.72. The fraction of sp³-hybridized carbons (Fsp3) is 0.238. The molecule has 0 fully saturated rings. The number of para-hydroxylation sites is 1. The molecule has 0 radical (unpaired) electrons. The lowest BCUT2D eigenvalue weighted by Crippen LogP contribution is -2.35. The summed E-state index contributed by atoms with van der Waals surface area (Å²) in [6.45, 7) is 4.89. The number of anilines is 1. The summed E-state index contributed by atoms with van der Waals surface area (Å²) in [5.74, 6) is -2.19. The minimum absolute atomic E-state index is 0.0768. The lowest BCUT2D eigenvalue weighted by Gasteiger charge is -2.17. The van der Waals surface area contributed by atoms with E-state index < -0.39 is 29.8 Å². The van der Waals surface area contributed by atoms with E-state index in [-0.39, 0.29) is 22.7 Å². The number of fused-ring (bicyclic) bond motifs is 1. The molecule has 150 valence electrons. The number of amides is 3. The summed E-state index contributed by atoms with van der Waals surface area (Å²) >= 11 is 6.00. The number of nitrogens with zero attached hydrogens (tertiary/aromatic N) is 1. The van der Waals surface area contributed by atoms with Crippen LogP contribution in [-0.4, -0.2) is 40.7 Å². The van der Waals surface area contributed by atoms with Gasteiger partial charge in [-0.2, -0.15) is 0 Å². The van der Waals surface area contributed by atoms with Crippen LogP contribution in [0.5, 0.6) is 0 Å². The molecule has 1 aliphatic rings. The molecular formula is C21H19ClN2O5. The SMILES string of the molecule is CC(C)N1C(=O)c2ccc(C(=O)O[C@@H](C)C(=O)Nc3ccccc3Cl)cc2C1=O. The van der Waals surface area contributed by atoms with Crippen molar-refractivity contribution in [3.05, 3.63) is 64.2 Å². The Bertz CT molecular complexity index is 1020. The summed E-state index contributed by atoms with van der Waals surface area (Å²) < 4.78 is 5.20. The molecule has 0 bridgehead atoms. The van der Waals surface area contributed by atoms with Gasteiger partial charge in [-0.15, -0.1) is 0 Å². The standard InChI is InChI=1S/C21H19ClN2O5/c1-11(2)24-19(26)14-9-8-13(10-15(14)20(24)27)21(28)29-12(3)18(25)23-17-7-5-4-6-16(17)22/h4-12H,1-3H3,(H,23,25)/t12-/m0/s1. The third kappa shape index (κ3) is 4.00. The van der Waals surface area contributed by atoms with Gasteiger partial charge in [-0.25, -0.2) is 4.79 Å². The summed E-state index contributed by atoms with van der Waals surface area (Å²) in [6.07, 6.45) is -1.10. The Morgan fingerprint density at radius 3 is 2.31 bits per heavy atom. The zero-order valence-corrected chi connectivity index (χ0v) is 16.8. The number of carbonyl (C=O) groups is 4. The highest BCUT2D eigenvalue weighted by Gasteiger charge is 2.37. The lowest BCUT2D eigenvalue weighted by molar-refractivity contribution is -0.123. The molecule has 2 aromatic rings. The fourth-order valence-corrected chi connectivity index (χ4v) is 3.12. The molecule has 1 atom stereocenters. The third-order valence-corrected chi connectivity index (χ3v) is 4.78. The number of hydrogen-bond donors (Lipinski definition) is 1. The fourth-order valence-electron chi connectivity index (χ4n) is 2.93. The van der Waals surface area contributed by atoms with Crippen molar-refractivity contribution in [1.82, 2.24) is 4.90 Å². The van der Waals surface area contributed by atoms with Crippen molar-refractivity contribution in [2.24, 2.45) is 0 Å². The van der Waals surface area contributed by atoms with E-state index in [4.69, 9.17) is 16.3 Å². The van der Waals surface area contributed by atoms with Crippen LogP contribution < -0.4 is 5.32 Å². The number of benzene rings is 2. The number of carbonyl (C=O) groups excluding carboxylic acids is 4. The average molecular weight is 415 g/mol. The molecule has 1 heterocycles. The van der Waals surface area contributed by atoms with E-state index in [0.717, 1.165) is 4.90 Å². The first-order valence-electron chi connectivity index (χ1n) is 8.99. The number of nitrogens with one attached hydrogen (secondary N) is 1. The number of imide groups is 1. The van der Waals surface area contributed by atoms with Crippen molar-refractivity contribution >= 4 is 41.0 Å². The van der Waals surface area contributed by atoms with Gasteiger partial charge < -0.3 is 10.1 Å². The Morgan fingerprint density at radius 2 is 1.66 bits per heavy atom. The van der Waals surface area contributed by atoms with Gasteiger partial charge in [0.25, 0.3) is 17.7 Å². The maximum Gasteiger partial charge on any atom is 0.338 e. The van der Waals surface area contributed by atoms with Crippen molar-refractivity contribution in [3.8, 4) is 0 Å². The smallest absolute Gasteiger partial charge is 0.338 e. The molecule has 0 aromatic heterocycles. The Morgan fingerprint density at radius 1 is 1.00 bits per heavy atom. The normalized spacial score (nSPS) is 14.0. The molecule has 0 saturated carbocycles. The predicted octanol–water partition coefficient (Wildman–Crippen LogP) is 3.53. The number of ether oxygens (including phenoxy) is 1. The van der Waals surface area contributed by atoms with Crippen molar-refractivity contribution in [3.63, 3.8) is 0 Å². The van der Waals surface area contributed by atoms with Crippen LogP contribution in [0.3, 0.4) is 0 Å². The molecule has 0 saturated heterocycles. The van der Waals surface area contributed by atoms with Crippen LogP contribution >= 0.6 is 11.6 Å². The van der Waals surface area contributed by atoms with Crippen LogP contribution in [0.2, 0.25) is 5.02 Å². The Hall–Kier alpha value is -3.19. The summed E-state index contributed by atoms with van der Waals surface area (Å²) in [6, 6.07) is 10.5. The van der Waals surface area contributed by atoms with Gasteiger partial charge in [0.15, 0.2) is 6.10 Å². The van der Waals surface area contributed by atoms with Gasteiger partial charge in [-0.3, -0.25) is 19.3 Å².